The summed E-state index contributed by atoms with van der Waals surface area (Å²) in [6, 6.07) is 2.57. The van der Waals surface area contributed by atoms with E-state index in [1.807, 2.05) is 13.8 Å². The first-order valence-corrected chi connectivity index (χ1v) is 8.15. The fourth-order valence-electron chi connectivity index (χ4n) is 1.89. The van der Waals surface area contributed by atoms with Crippen molar-refractivity contribution in [1.29, 1.82) is 0 Å². The van der Waals surface area contributed by atoms with Crippen molar-refractivity contribution in [2.75, 3.05) is 6.61 Å². The van der Waals surface area contributed by atoms with Gasteiger partial charge in [-0.3, -0.25) is 10.1 Å². The van der Waals surface area contributed by atoms with Gasteiger partial charge < -0.3 is 15.2 Å². The molecule has 0 radical (unpaired) electrons. The van der Waals surface area contributed by atoms with Crippen LogP contribution in [0.4, 0.5) is 4.79 Å². The second kappa shape index (κ2) is 9.87. The molecule has 1 aromatic rings. The minimum absolute atomic E-state index is 0.0176. The highest BCUT2D eigenvalue weighted by atomic mass is 16.6. The maximum absolute atomic E-state index is 11.8. The van der Waals surface area contributed by atoms with Gasteiger partial charge in [-0.25, -0.2) is 9.78 Å². The number of rotatable bonds is 8. The lowest BCUT2D eigenvalue weighted by molar-refractivity contribution is -0.121. The van der Waals surface area contributed by atoms with Gasteiger partial charge in [-0.05, 0) is 36.8 Å². The number of nitrogens with two attached hydrogens (primary N) is 1. The van der Waals surface area contributed by atoms with Gasteiger partial charge in [-0.1, -0.05) is 27.7 Å². The topological polar surface area (TPSA) is 104 Å². The molecule has 0 saturated carbocycles. The number of amides is 2. The van der Waals surface area contributed by atoms with Crippen LogP contribution in [0.2, 0.25) is 0 Å². The molecule has 0 aliphatic carbocycles. The van der Waals surface area contributed by atoms with Gasteiger partial charge in [-0.2, -0.15) is 0 Å². The van der Waals surface area contributed by atoms with Gasteiger partial charge in [0.2, 0.25) is 5.91 Å². The predicted molar refractivity (Wildman–Crippen MR) is 90.8 cm³/mol. The second-order valence-corrected chi connectivity index (χ2v) is 6.45. The zero-order valence-electron chi connectivity index (χ0n) is 14.7. The fraction of sp³-hybridized carbons (Fsp3) is 0.588. The van der Waals surface area contributed by atoms with Crippen molar-refractivity contribution < 1.29 is 19.1 Å². The number of nitrogens with one attached hydrogen (secondary N) is 1. The molecule has 3 N–H and O–H groups in total. The Bertz CT molecular complexity index is 546. The molecule has 0 fully saturated rings. The van der Waals surface area contributed by atoms with Gasteiger partial charge in [-0.15, -0.1) is 0 Å². The number of carbonyl (C=O) groups excluding carboxylic acids is 2. The van der Waals surface area contributed by atoms with E-state index < -0.39 is 18.0 Å². The zero-order valence-corrected chi connectivity index (χ0v) is 14.7. The molecule has 24 heavy (non-hydrogen) atoms. The van der Waals surface area contributed by atoms with E-state index in [2.05, 4.69) is 24.1 Å². The Balaban J connectivity index is 2.59. The molecule has 0 spiro atoms. The Morgan fingerprint density at radius 2 is 1.96 bits per heavy atom. The van der Waals surface area contributed by atoms with Crippen LogP contribution in [-0.4, -0.2) is 29.6 Å². The number of hydrogen-bond donors (Lipinski definition) is 2. The van der Waals surface area contributed by atoms with Crippen molar-refractivity contribution >= 4 is 12.0 Å². The Hall–Kier alpha value is -2.15. The van der Waals surface area contributed by atoms with Crippen LogP contribution in [0.3, 0.4) is 0 Å². The van der Waals surface area contributed by atoms with E-state index in [9.17, 15) is 9.59 Å². The number of hydrogen-bond acceptors (Lipinski definition) is 6. The molecule has 0 unspecified atom stereocenters. The average Bonchev–Trinajstić information content (AvgIpc) is 2.47. The Morgan fingerprint density at radius 1 is 1.25 bits per heavy atom. The number of imide groups is 1. The summed E-state index contributed by atoms with van der Waals surface area (Å²) < 4.78 is 10.6. The molecule has 1 rings (SSSR count). The molecule has 7 nitrogen and oxygen atoms in total. The minimum atomic E-state index is -0.924. The quantitative estimate of drug-likeness (QED) is 0.755. The van der Waals surface area contributed by atoms with E-state index in [1.165, 1.54) is 6.20 Å². The third kappa shape index (κ3) is 7.41. The summed E-state index contributed by atoms with van der Waals surface area (Å²) in [6.45, 7) is 8.55. The first-order chi connectivity index (χ1) is 11.3. The molecule has 134 valence electrons. The van der Waals surface area contributed by atoms with Gasteiger partial charge in [0.1, 0.15) is 0 Å². The van der Waals surface area contributed by atoms with Crippen LogP contribution >= 0.6 is 0 Å². The molecule has 0 bridgehead atoms. The van der Waals surface area contributed by atoms with Crippen LogP contribution in [-0.2, 0) is 4.79 Å². The van der Waals surface area contributed by atoms with Crippen molar-refractivity contribution in [3.05, 3.63) is 18.3 Å². The number of ether oxygens (including phenoxy) is 2. The first kappa shape index (κ1) is 19.9. The lowest BCUT2D eigenvalue weighted by atomic mass is 10.0. The molecule has 1 atom stereocenters. The second-order valence-electron chi connectivity index (χ2n) is 6.45. The predicted octanol–water partition coefficient (Wildman–Crippen LogP) is 2.49. The van der Waals surface area contributed by atoms with E-state index in [-0.39, 0.29) is 11.8 Å². The summed E-state index contributed by atoms with van der Waals surface area (Å²) in [5.41, 5.74) is 5.72. The Morgan fingerprint density at radius 3 is 2.58 bits per heavy atom. The third-order valence-electron chi connectivity index (χ3n) is 3.17. The molecule has 0 aromatic carbocycles. The molecule has 1 heterocycles. The standard InChI is InChI=1S/C17H27N3O4/c1-11(2)7-9-23-14-6-5-8-19-16(14)24-17(22)20-15(21)13(18)10-12(3)4/h5-6,8,11-13H,7,9-10,18H2,1-4H3,(H,20,21,22)/t13-/m0/s1. The van der Waals surface area contributed by atoms with Crippen molar-refractivity contribution in [2.45, 2.75) is 46.6 Å². The lowest BCUT2D eigenvalue weighted by Gasteiger charge is -2.14. The Labute approximate surface area is 142 Å². The van der Waals surface area contributed by atoms with Crippen LogP contribution in [0.1, 0.15) is 40.5 Å². The summed E-state index contributed by atoms with van der Waals surface area (Å²) in [6.07, 6.45) is 1.89. The van der Waals surface area contributed by atoms with Crippen LogP contribution in [0.25, 0.3) is 0 Å². The lowest BCUT2D eigenvalue weighted by Crippen LogP contribution is -2.45. The zero-order chi connectivity index (χ0) is 18.1. The number of nitrogens with zero attached hydrogens (tertiary/aromatic N) is 1. The summed E-state index contributed by atoms with van der Waals surface area (Å²) in [5, 5.41) is 2.11. The van der Waals surface area contributed by atoms with E-state index in [0.717, 1.165) is 6.42 Å². The fourth-order valence-corrected chi connectivity index (χ4v) is 1.89. The van der Waals surface area contributed by atoms with Gasteiger partial charge in [0.15, 0.2) is 5.75 Å². The minimum Gasteiger partial charge on any atom is -0.488 e. The van der Waals surface area contributed by atoms with Crippen LogP contribution in [0, 0.1) is 11.8 Å². The molecule has 0 aliphatic rings. The van der Waals surface area contributed by atoms with E-state index in [4.69, 9.17) is 15.2 Å². The van der Waals surface area contributed by atoms with Crippen molar-refractivity contribution in [1.82, 2.24) is 10.3 Å². The largest absolute Gasteiger partial charge is 0.488 e. The number of carbonyl (C=O) groups is 2. The average molecular weight is 337 g/mol. The van der Waals surface area contributed by atoms with E-state index in [0.29, 0.717) is 24.7 Å². The highest BCUT2D eigenvalue weighted by Crippen LogP contribution is 2.24. The van der Waals surface area contributed by atoms with Gasteiger partial charge in [0, 0.05) is 6.20 Å². The van der Waals surface area contributed by atoms with Crippen LogP contribution in [0.5, 0.6) is 11.6 Å². The number of aromatic nitrogens is 1. The molecule has 1 aromatic heterocycles. The first-order valence-electron chi connectivity index (χ1n) is 8.15. The molecule has 7 heteroatoms. The SMILES string of the molecule is CC(C)CCOc1cccnc1OC(=O)NC(=O)[C@@H](N)CC(C)C. The van der Waals surface area contributed by atoms with Crippen molar-refractivity contribution in [3.8, 4) is 11.6 Å². The van der Waals surface area contributed by atoms with Crippen molar-refractivity contribution in [2.24, 2.45) is 17.6 Å². The maximum atomic E-state index is 11.8. The summed E-state index contributed by atoms with van der Waals surface area (Å²) in [4.78, 5) is 27.6. The highest BCUT2D eigenvalue weighted by molar-refractivity contribution is 5.95. The van der Waals surface area contributed by atoms with E-state index in [1.54, 1.807) is 12.1 Å². The smallest absolute Gasteiger partial charge is 0.420 e. The van der Waals surface area contributed by atoms with Gasteiger partial charge >= 0.3 is 6.09 Å². The highest BCUT2D eigenvalue weighted by Gasteiger charge is 2.20. The van der Waals surface area contributed by atoms with Crippen LogP contribution < -0.4 is 20.5 Å². The summed E-state index contributed by atoms with van der Waals surface area (Å²) in [5.74, 6) is 0.538. The monoisotopic (exact) mass is 337 g/mol. The summed E-state index contributed by atoms with van der Waals surface area (Å²) in [7, 11) is 0. The molecule has 0 saturated heterocycles. The maximum Gasteiger partial charge on any atom is 0.420 e. The van der Waals surface area contributed by atoms with Crippen molar-refractivity contribution in [3.63, 3.8) is 0 Å². The van der Waals surface area contributed by atoms with E-state index >= 15 is 0 Å². The molecular weight excluding hydrogens is 310 g/mol. The van der Waals surface area contributed by atoms with Crippen LogP contribution in [0.15, 0.2) is 18.3 Å². The third-order valence-corrected chi connectivity index (χ3v) is 3.17. The molecular formula is C17H27N3O4. The van der Waals surface area contributed by atoms with Gasteiger partial charge in [0.25, 0.3) is 5.88 Å². The number of pyridine rings is 1. The Kier molecular flexibility index (Phi) is 8.18. The summed E-state index contributed by atoms with van der Waals surface area (Å²) >= 11 is 0. The normalized spacial score (nSPS) is 12.1. The molecule has 0 aliphatic heterocycles. The molecule has 2 amide bonds. The van der Waals surface area contributed by atoms with Gasteiger partial charge in [0.05, 0.1) is 12.6 Å².